The fraction of sp³-hybridized carbons (Fsp3) is 0.895. The van der Waals surface area contributed by atoms with E-state index in [0.29, 0.717) is 19.0 Å². The van der Waals surface area contributed by atoms with Crippen molar-refractivity contribution in [2.24, 2.45) is 11.3 Å². The normalized spacial score (nSPS) is 24.1. The van der Waals surface area contributed by atoms with E-state index in [9.17, 15) is 9.59 Å². The average Bonchev–Trinajstić information content (AvgIpc) is 2.78. The van der Waals surface area contributed by atoms with Crippen LogP contribution in [0.25, 0.3) is 0 Å². The second-order valence-corrected chi connectivity index (χ2v) is 9.35. The van der Waals surface area contributed by atoms with Crippen LogP contribution in [0.2, 0.25) is 0 Å². The van der Waals surface area contributed by atoms with Gasteiger partial charge in [0.15, 0.2) is 0 Å². The van der Waals surface area contributed by atoms with E-state index in [1.54, 1.807) is 0 Å². The van der Waals surface area contributed by atoms with Crippen molar-refractivity contribution >= 4 is 11.8 Å². The summed E-state index contributed by atoms with van der Waals surface area (Å²) >= 11 is 0. The van der Waals surface area contributed by atoms with E-state index in [1.807, 2.05) is 4.90 Å². The van der Waals surface area contributed by atoms with Gasteiger partial charge in [-0.2, -0.15) is 0 Å². The molecule has 2 fully saturated rings. The van der Waals surface area contributed by atoms with Gasteiger partial charge in [-0.15, -0.1) is 0 Å². The standard InChI is InChI=1S/C19H34N2O2/c1-18(2,3)13-19(4,5)20-17(23)14-11-16(22)21(12-14)15-9-7-6-8-10-15/h14-15H,6-13H2,1-5H3,(H,20,23). The number of carbonyl (C=O) groups is 2. The van der Waals surface area contributed by atoms with Gasteiger partial charge in [0.1, 0.15) is 0 Å². The molecule has 0 aromatic carbocycles. The van der Waals surface area contributed by atoms with Crippen molar-refractivity contribution in [3.05, 3.63) is 0 Å². The lowest BCUT2D eigenvalue weighted by molar-refractivity contribution is -0.131. The Morgan fingerprint density at radius 2 is 1.74 bits per heavy atom. The first-order valence-electron chi connectivity index (χ1n) is 9.19. The Morgan fingerprint density at radius 3 is 2.30 bits per heavy atom. The molecule has 1 unspecified atom stereocenters. The van der Waals surface area contributed by atoms with E-state index < -0.39 is 0 Å². The van der Waals surface area contributed by atoms with Crippen LogP contribution in [0, 0.1) is 11.3 Å². The van der Waals surface area contributed by atoms with Gasteiger partial charge in [0.25, 0.3) is 0 Å². The number of carbonyl (C=O) groups excluding carboxylic acids is 2. The maximum Gasteiger partial charge on any atom is 0.225 e. The molecule has 1 aliphatic heterocycles. The van der Waals surface area contributed by atoms with Crippen LogP contribution in [0.1, 0.15) is 79.6 Å². The molecule has 1 saturated heterocycles. The molecule has 132 valence electrons. The molecule has 23 heavy (non-hydrogen) atoms. The van der Waals surface area contributed by atoms with Crippen LogP contribution in [0.4, 0.5) is 0 Å². The number of hydrogen-bond acceptors (Lipinski definition) is 2. The molecule has 2 aliphatic rings. The Hall–Kier alpha value is -1.06. The fourth-order valence-corrected chi connectivity index (χ4v) is 4.46. The van der Waals surface area contributed by atoms with Gasteiger partial charge in [-0.3, -0.25) is 9.59 Å². The SMILES string of the molecule is CC(C)(C)CC(C)(C)NC(=O)C1CC(=O)N(C2CCCCC2)C1. The van der Waals surface area contributed by atoms with Gasteiger partial charge in [-0.1, -0.05) is 40.0 Å². The molecule has 1 N–H and O–H groups in total. The molecule has 1 heterocycles. The summed E-state index contributed by atoms with van der Waals surface area (Å²) in [7, 11) is 0. The zero-order valence-corrected chi connectivity index (χ0v) is 15.6. The number of nitrogens with zero attached hydrogens (tertiary/aromatic N) is 1. The summed E-state index contributed by atoms with van der Waals surface area (Å²) in [4.78, 5) is 26.9. The molecule has 4 heteroatoms. The Balaban J connectivity index is 1.92. The maximum absolute atomic E-state index is 12.6. The summed E-state index contributed by atoms with van der Waals surface area (Å²) in [6.07, 6.45) is 7.22. The van der Waals surface area contributed by atoms with Crippen molar-refractivity contribution in [3.8, 4) is 0 Å². The molecule has 0 aromatic rings. The Kier molecular flexibility index (Phi) is 5.42. The van der Waals surface area contributed by atoms with Crippen LogP contribution in [0.3, 0.4) is 0 Å². The first-order valence-corrected chi connectivity index (χ1v) is 9.19. The monoisotopic (exact) mass is 322 g/mol. The molecular weight excluding hydrogens is 288 g/mol. The molecule has 1 saturated carbocycles. The molecule has 0 radical (unpaired) electrons. The van der Waals surface area contributed by atoms with Gasteiger partial charge in [0.05, 0.1) is 5.92 Å². The van der Waals surface area contributed by atoms with Crippen molar-refractivity contribution in [2.75, 3.05) is 6.54 Å². The summed E-state index contributed by atoms with van der Waals surface area (Å²) in [5.74, 6) is 0.0419. The van der Waals surface area contributed by atoms with Gasteiger partial charge < -0.3 is 10.2 Å². The highest BCUT2D eigenvalue weighted by Gasteiger charge is 2.39. The van der Waals surface area contributed by atoms with Crippen LogP contribution in [0.15, 0.2) is 0 Å². The Labute approximate surface area is 141 Å². The lowest BCUT2D eigenvalue weighted by Crippen LogP contribution is -2.48. The number of amides is 2. The van der Waals surface area contributed by atoms with E-state index in [1.165, 1.54) is 19.3 Å². The summed E-state index contributed by atoms with van der Waals surface area (Å²) in [6, 6.07) is 0.372. The molecule has 0 spiro atoms. The van der Waals surface area contributed by atoms with Crippen LogP contribution in [-0.4, -0.2) is 34.8 Å². The highest BCUT2D eigenvalue weighted by atomic mass is 16.2. The predicted octanol–water partition coefficient (Wildman–Crippen LogP) is 3.50. The van der Waals surface area contributed by atoms with Gasteiger partial charge in [0, 0.05) is 24.5 Å². The minimum absolute atomic E-state index is 0.0471. The summed E-state index contributed by atoms with van der Waals surface area (Å²) in [5, 5.41) is 3.18. The average molecular weight is 322 g/mol. The third-order valence-electron chi connectivity index (χ3n) is 4.98. The number of likely N-dealkylation sites (tertiary alicyclic amines) is 1. The highest BCUT2D eigenvalue weighted by Crippen LogP contribution is 2.30. The van der Waals surface area contributed by atoms with E-state index in [2.05, 4.69) is 39.9 Å². The van der Waals surface area contributed by atoms with E-state index >= 15 is 0 Å². The van der Waals surface area contributed by atoms with E-state index in [0.717, 1.165) is 19.3 Å². The third-order valence-corrected chi connectivity index (χ3v) is 4.98. The molecule has 0 aromatic heterocycles. The lowest BCUT2D eigenvalue weighted by Gasteiger charge is -2.34. The van der Waals surface area contributed by atoms with E-state index in [4.69, 9.17) is 0 Å². The largest absolute Gasteiger partial charge is 0.351 e. The molecule has 1 aliphatic carbocycles. The number of rotatable bonds is 4. The van der Waals surface area contributed by atoms with Crippen LogP contribution in [0.5, 0.6) is 0 Å². The van der Waals surface area contributed by atoms with Gasteiger partial charge >= 0.3 is 0 Å². The minimum atomic E-state index is -0.239. The summed E-state index contributed by atoms with van der Waals surface area (Å²) < 4.78 is 0. The van der Waals surface area contributed by atoms with Crippen LogP contribution in [-0.2, 0) is 9.59 Å². The molecule has 2 rings (SSSR count). The topological polar surface area (TPSA) is 49.4 Å². The van der Waals surface area contributed by atoms with Crippen molar-refractivity contribution < 1.29 is 9.59 Å². The van der Waals surface area contributed by atoms with Crippen molar-refractivity contribution in [2.45, 2.75) is 91.1 Å². The molecule has 0 bridgehead atoms. The molecule has 2 amide bonds. The molecule has 1 atom stereocenters. The smallest absolute Gasteiger partial charge is 0.225 e. The zero-order valence-electron chi connectivity index (χ0n) is 15.6. The molecular formula is C19H34N2O2. The first kappa shape index (κ1) is 18.3. The zero-order chi connectivity index (χ0) is 17.3. The highest BCUT2D eigenvalue weighted by molar-refractivity contribution is 5.89. The van der Waals surface area contributed by atoms with Crippen molar-refractivity contribution in [3.63, 3.8) is 0 Å². The van der Waals surface area contributed by atoms with Crippen LogP contribution < -0.4 is 5.32 Å². The Morgan fingerprint density at radius 1 is 1.13 bits per heavy atom. The van der Waals surface area contributed by atoms with Crippen molar-refractivity contribution in [1.29, 1.82) is 0 Å². The second kappa shape index (κ2) is 6.82. The van der Waals surface area contributed by atoms with Crippen LogP contribution >= 0.6 is 0 Å². The first-order chi connectivity index (χ1) is 10.6. The maximum atomic E-state index is 12.6. The van der Waals surface area contributed by atoms with Crippen molar-refractivity contribution in [1.82, 2.24) is 10.2 Å². The summed E-state index contributed by atoms with van der Waals surface area (Å²) in [5.41, 5.74) is -0.0763. The number of nitrogens with one attached hydrogen (secondary N) is 1. The predicted molar refractivity (Wildman–Crippen MR) is 93.0 cm³/mol. The minimum Gasteiger partial charge on any atom is -0.351 e. The quantitative estimate of drug-likeness (QED) is 0.861. The van der Waals surface area contributed by atoms with Gasteiger partial charge in [-0.25, -0.2) is 0 Å². The fourth-order valence-electron chi connectivity index (χ4n) is 4.46. The second-order valence-electron chi connectivity index (χ2n) is 9.35. The summed E-state index contributed by atoms with van der Waals surface area (Å²) in [6.45, 7) is 11.3. The number of hydrogen-bond donors (Lipinski definition) is 1. The van der Waals surface area contributed by atoms with Gasteiger partial charge in [0.2, 0.25) is 11.8 Å². The Bertz CT molecular complexity index is 445. The third kappa shape index (κ3) is 5.22. The van der Waals surface area contributed by atoms with Gasteiger partial charge in [-0.05, 0) is 38.5 Å². The molecule has 4 nitrogen and oxygen atoms in total. The lowest BCUT2D eigenvalue weighted by atomic mass is 9.81. The van der Waals surface area contributed by atoms with E-state index in [-0.39, 0.29) is 28.7 Å².